The molecular formula is C18H16N2O4. The first-order valence-corrected chi connectivity index (χ1v) is 7.40. The molecule has 122 valence electrons. The number of ether oxygens (including phenoxy) is 1. The minimum Gasteiger partial charge on any atom is -0.467 e. The number of rotatable bonds is 6. The minimum atomic E-state index is -0.907. The zero-order valence-electron chi connectivity index (χ0n) is 12.8. The van der Waals surface area contributed by atoms with Crippen LogP contribution in [-0.4, -0.2) is 22.5 Å². The Bertz CT molecular complexity index is 788. The van der Waals surface area contributed by atoms with Crippen LogP contribution in [0.1, 0.15) is 22.2 Å². The number of aromatic nitrogens is 1. The molecule has 1 amide bonds. The summed E-state index contributed by atoms with van der Waals surface area (Å²) in [6.07, 6.45) is 3.77. The summed E-state index contributed by atoms with van der Waals surface area (Å²) >= 11 is 0. The summed E-state index contributed by atoms with van der Waals surface area (Å²) in [5, 5.41) is 12.6. The van der Waals surface area contributed by atoms with Gasteiger partial charge in [0.05, 0.1) is 24.6 Å². The molecule has 1 unspecified atom stereocenters. The van der Waals surface area contributed by atoms with E-state index in [1.165, 1.54) is 6.26 Å². The van der Waals surface area contributed by atoms with Gasteiger partial charge in [-0.15, -0.1) is 0 Å². The van der Waals surface area contributed by atoms with Crippen LogP contribution in [-0.2, 0) is 0 Å². The summed E-state index contributed by atoms with van der Waals surface area (Å²) in [4.78, 5) is 16.4. The zero-order chi connectivity index (χ0) is 16.8. The Morgan fingerprint density at radius 1 is 1.21 bits per heavy atom. The van der Waals surface area contributed by atoms with Gasteiger partial charge < -0.3 is 19.6 Å². The summed E-state index contributed by atoms with van der Waals surface area (Å²) in [6.45, 7) is 0.0353. The van der Waals surface area contributed by atoms with Crippen molar-refractivity contribution in [3.63, 3.8) is 0 Å². The molecule has 3 aromatic rings. The number of amides is 1. The minimum absolute atomic E-state index is 0.0353. The van der Waals surface area contributed by atoms with Gasteiger partial charge in [-0.1, -0.05) is 12.1 Å². The van der Waals surface area contributed by atoms with Crippen molar-refractivity contribution < 1.29 is 19.1 Å². The Morgan fingerprint density at radius 3 is 2.83 bits per heavy atom. The first-order valence-electron chi connectivity index (χ1n) is 7.40. The predicted molar refractivity (Wildman–Crippen MR) is 86.8 cm³/mol. The van der Waals surface area contributed by atoms with Gasteiger partial charge in [0.1, 0.15) is 23.4 Å². The Kier molecular flexibility index (Phi) is 4.88. The van der Waals surface area contributed by atoms with Crippen LogP contribution in [0.5, 0.6) is 11.5 Å². The number of nitrogens with zero attached hydrogens (tertiary/aromatic N) is 1. The van der Waals surface area contributed by atoms with Gasteiger partial charge in [-0.2, -0.15) is 0 Å². The molecule has 3 rings (SSSR count). The summed E-state index contributed by atoms with van der Waals surface area (Å²) in [7, 11) is 0. The smallest absolute Gasteiger partial charge is 0.255 e. The summed E-state index contributed by atoms with van der Waals surface area (Å²) in [5.74, 6) is 0.999. The number of aliphatic hydroxyl groups excluding tert-OH is 1. The van der Waals surface area contributed by atoms with Crippen LogP contribution < -0.4 is 10.1 Å². The number of para-hydroxylation sites is 1. The highest BCUT2D eigenvalue weighted by Crippen LogP contribution is 2.24. The summed E-state index contributed by atoms with van der Waals surface area (Å²) in [6, 6.07) is 13.7. The van der Waals surface area contributed by atoms with Gasteiger partial charge in [0.15, 0.2) is 0 Å². The van der Waals surface area contributed by atoms with E-state index in [0.717, 1.165) is 0 Å². The molecule has 0 saturated carbocycles. The molecule has 0 aliphatic heterocycles. The van der Waals surface area contributed by atoms with Crippen molar-refractivity contribution in [2.45, 2.75) is 6.10 Å². The fourth-order valence-corrected chi connectivity index (χ4v) is 2.14. The maximum Gasteiger partial charge on any atom is 0.255 e. The Labute approximate surface area is 138 Å². The lowest BCUT2D eigenvalue weighted by molar-refractivity contribution is 0.0899. The van der Waals surface area contributed by atoms with E-state index < -0.39 is 6.10 Å². The van der Waals surface area contributed by atoms with Crippen molar-refractivity contribution in [2.75, 3.05) is 6.54 Å². The largest absolute Gasteiger partial charge is 0.467 e. The van der Waals surface area contributed by atoms with Crippen LogP contribution in [0.3, 0.4) is 0 Å². The fourth-order valence-electron chi connectivity index (χ4n) is 2.14. The van der Waals surface area contributed by atoms with Gasteiger partial charge >= 0.3 is 0 Å². The molecule has 6 heteroatoms. The standard InChI is InChI=1S/C18H16N2O4/c21-15(17-8-4-10-23-17)12-20-18(22)14-6-1-2-7-16(14)24-13-5-3-9-19-11-13/h1-11,15,21H,12H2,(H,20,22). The molecule has 0 spiro atoms. The molecule has 1 aromatic carbocycles. The Hall–Kier alpha value is -3.12. The van der Waals surface area contributed by atoms with Gasteiger partial charge in [0.25, 0.3) is 5.91 Å². The fraction of sp³-hybridized carbons (Fsp3) is 0.111. The van der Waals surface area contributed by atoms with Crippen molar-refractivity contribution in [2.24, 2.45) is 0 Å². The number of hydrogen-bond acceptors (Lipinski definition) is 5. The van der Waals surface area contributed by atoms with Crippen LogP contribution in [0.2, 0.25) is 0 Å². The number of carbonyl (C=O) groups is 1. The monoisotopic (exact) mass is 324 g/mol. The highest BCUT2D eigenvalue weighted by atomic mass is 16.5. The molecule has 0 bridgehead atoms. The lowest BCUT2D eigenvalue weighted by Crippen LogP contribution is -2.28. The number of carbonyl (C=O) groups excluding carboxylic acids is 1. The molecule has 2 aromatic heterocycles. The normalized spacial score (nSPS) is 11.7. The molecular weight excluding hydrogens is 308 g/mol. The quantitative estimate of drug-likeness (QED) is 0.728. The van der Waals surface area contributed by atoms with Crippen LogP contribution in [0.15, 0.2) is 71.6 Å². The molecule has 24 heavy (non-hydrogen) atoms. The third kappa shape index (κ3) is 3.80. The van der Waals surface area contributed by atoms with E-state index in [0.29, 0.717) is 22.8 Å². The van der Waals surface area contributed by atoms with Crippen LogP contribution in [0.25, 0.3) is 0 Å². The second-order valence-electron chi connectivity index (χ2n) is 5.03. The molecule has 2 N–H and O–H groups in total. The Balaban J connectivity index is 1.68. The highest BCUT2D eigenvalue weighted by Gasteiger charge is 2.16. The summed E-state index contributed by atoms with van der Waals surface area (Å²) < 4.78 is 10.8. The average molecular weight is 324 g/mol. The lowest BCUT2D eigenvalue weighted by atomic mass is 10.2. The van der Waals surface area contributed by atoms with Crippen LogP contribution >= 0.6 is 0 Å². The van der Waals surface area contributed by atoms with Gasteiger partial charge in [0, 0.05) is 6.20 Å². The van der Waals surface area contributed by atoms with E-state index >= 15 is 0 Å². The predicted octanol–water partition coefficient (Wildman–Crippen LogP) is 2.93. The molecule has 1 atom stereocenters. The van der Waals surface area contributed by atoms with Gasteiger partial charge in [-0.3, -0.25) is 9.78 Å². The van der Waals surface area contributed by atoms with Gasteiger partial charge in [-0.05, 0) is 36.4 Å². The van der Waals surface area contributed by atoms with Gasteiger partial charge in [-0.25, -0.2) is 0 Å². The number of pyridine rings is 1. The van der Waals surface area contributed by atoms with E-state index in [2.05, 4.69) is 10.3 Å². The first kappa shape index (κ1) is 15.8. The third-order valence-corrected chi connectivity index (χ3v) is 3.32. The number of benzene rings is 1. The highest BCUT2D eigenvalue weighted by molar-refractivity contribution is 5.97. The van der Waals surface area contributed by atoms with Crippen molar-refractivity contribution in [1.29, 1.82) is 0 Å². The average Bonchev–Trinajstić information content (AvgIpc) is 3.15. The second kappa shape index (κ2) is 7.43. The van der Waals surface area contributed by atoms with Crippen molar-refractivity contribution >= 4 is 5.91 Å². The Morgan fingerprint density at radius 2 is 2.08 bits per heavy atom. The number of hydrogen-bond donors (Lipinski definition) is 2. The first-order chi connectivity index (χ1) is 11.7. The van der Waals surface area contributed by atoms with Crippen LogP contribution in [0.4, 0.5) is 0 Å². The molecule has 0 saturated heterocycles. The number of aliphatic hydroxyl groups is 1. The molecule has 2 heterocycles. The van der Waals surface area contributed by atoms with E-state index in [-0.39, 0.29) is 12.5 Å². The summed E-state index contributed by atoms with van der Waals surface area (Å²) in [5.41, 5.74) is 0.369. The van der Waals surface area contributed by atoms with Crippen molar-refractivity contribution in [1.82, 2.24) is 10.3 Å². The third-order valence-electron chi connectivity index (χ3n) is 3.32. The molecule has 0 fully saturated rings. The van der Waals surface area contributed by atoms with Crippen molar-refractivity contribution in [3.05, 3.63) is 78.5 Å². The lowest BCUT2D eigenvalue weighted by Gasteiger charge is -2.13. The molecule has 0 radical (unpaired) electrons. The SMILES string of the molecule is O=C(NCC(O)c1ccco1)c1ccccc1Oc1cccnc1. The molecule has 0 aliphatic carbocycles. The molecule has 6 nitrogen and oxygen atoms in total. The van der Waals surface area contributed by atoms with E-state index in [9.17, 15) is 9.90 Å². The molecule has 0 aliphatic rings. The number of furan rings is 1. The van der Waals surface area contributed by atoms with E-state index in [1.54, 1.807) is 60.9 Å². The second-order valence-corrected chi connectivity index (χ2v) is 5.03. The van der Waals surface area contributed by atoms with E-state index in [4.69, 9.17) is 9.15 Å². The zero-order valence-corrected chi connectivity index (χ0v) is 12.8. The maximum absolute atomic E-state index is 12.4. The van der Waals surface area contributed by atoms with Crippen molar-refractivity contribution in [3.8, 4) is 11.5 Å². The van der Waals surface area contributed by atoms with Gasteiger partial charge in [0.2, 0.25) is 0 Å². The van der Waals surface area contributed by atoms with E-state index in [1.807, 2.05) is 0 Å². The number of nitrogens with one attached hydrogen (secondary N) is 1. The maximum atomic E-state index is 12.4. The topological polar surface area (TPSA) is 84.6 Å². The van der Waals surface area contributed by atoms with Crippen LogP contribution in [0, 0.1) is 0 Å².